The molecule has 1 atom stereocenters. The topological polar surface area (TPSA) is 52.7 Å². The summed E-state index contributed by atoms with van der Waals surface area (Å²) < 4.78 is 0. The van der Waals surface area contributed by atoms with Gasteiger partial charge in [0.2, 0.25) is 5.91 Å². The monoisotopic (exact) mass is 327 g/mol. The van der Waals surface area contributed by atoms with Crippen LogP contribution < -0.4 is 10.2 Å². The molecule has 4 rings (SSSR count). The smallest absolute Gasteiger partial charge is 0.317 e. The summed E-state index contributed by atoms with van der Waals surface area (Å²) in [5.74, 6) is 1.47. The summed E-state index contributed by atoms with van der Waals surface area (Å²) in [6.45, 7) is 0.556. The second kappa shape index (κ2) is 6.11. The van der Waals surface area contributed by atoms with Crippen LogP contribution in [0.4, 0.5) is 10.5 Å². The van der Waals surface area contributed by atoms with Crippen LogP contribution in [0.3, 0.4) is 0 Å². The van der Waals surface area contributed by atoms with E-state index in [1.165, 1.54) is 25.7 Å². The van der Waals surface area contributed by atoms with E-state index >= 15 is 0 Å². The predicted octanol–water partition coefficient (Wildman–Crippen LogP) is 2.62. The van der Waals surface area contributed by atoms with Crippen molar-refractivity contribution < 1.29 is 9.59 Å². The van der Waals surface area contributed by atoms with Gasteiger partial charge in [0.25, 0.3) is 0 Å². The lowest BCUT2D eigenvalue weighted by Crippen LogP contribution is -2.49. The van der Waals surface area contributed by atoms with E-state index in [0.29, 0.717) is 30.8 Å². The van der Waals surface area contributed by atoms with E-state index in [1.807, 2.05) is 42.3 Å². The van der Waals surface area contributed by atoms with Crippen molar-refractivity contribution in [1.82, 2.24) is 10.2 Å². The molecule has 5 nitrogen and oxygen atoms in total. The number of nitrogens with one attached hydrogen (secondary N) is 1. The molecule has 1 aromatic carbocycles. The van der Waals surface area contributed by atoms with Crippen molar-refractivity contribution in [2.75, 3.05) is 18.5 Å². The summed E-state index contributed by atoms with van der Waals surface area (Å²) in [4.78, 5) is 28.6. The highest BCUT2D eigenvalue weighted by Gasteiger charge is 2.45. The van der Waals surface area contributed by atoms with Crippen LogP contribution in [0.25, 0.3) is 0 Å². The second-order valence-electron chi connectivity index (χ2n) is 7.47. The van der Waals surface area contributed by atoms with Gasteiger partial charge in [-0.15, -0.1) is 0 Å². The van der Waals surface area contributed by atoms with Crippen LogP contribution in [-0.2, 0) is 4.79 Å². The minimum Gasteiger partial charge on any atom is -0.333 e. The molecule has 3 aliphatic rings. The molecule has 2 saturated carbocycles. The van der Waals surface area contributed by atoms with Gasteiger partial charge < -0.3 is 15.1 Å². The number of carbonyl (C=O) groups is 2. The van der Waals surface area contributed by atoms with Crippen LogP contribution in [0, 0.1) is 11.8 Å². The summed E-state index contributed by atoms with van der Waals surface area (Å²) in [5, 5.41) is 3.08. The van der Waals surface area contributed by atoms with Crippen LogP contribution >= 0.6 is 0 Å². The number of nitrogens with zero attached hydrogens (tertiary/aromatic N) is 2. The molecule has 1 aromatic rings. The second-order valence-corrected chi connectivity index (χ2v) is 7.47. The Kier molecular flexibility index (Phi) is 3.94. The summed E-state index contributed by atoms with van der Waals surface area (Å²) in [6.07, 6.45) is 5.39. The largest absolute Gasteiger partial charge is 0.333 e. The maximum atomic E-state index is 12.6. The average Bonchev–Trinajstić information content (AvgIpc) is 3.49. The fourth-order valence-electron chi connectivity index (χ4n) is 3.97. The molecule has 1 aliphatic heterocycles. The van der Waals surface area contributed by atoms with Crippen molar-refractivity contribution in [2.45, 2.75) is 44.2 Å². The van der Waals surface area contributed by atoms with Gasteiger partial charge >= 0.3 is 6.03 Å². The van der Waals surface area contributed by atoms with Crippen LogP contribution in [0.5, 0.6) is 0 Å². The molecular formula is C19H25N3O2. The first-order valence-corrected chi connectivity index (χ1v) is 9.02. The number of benzene rings is 1. The lowest BCUT2D eigenvalue weighted by Gasteiger charge is -2.29. The van der Waals surface area contributed by atoms with Gasteiger partial charge in [-0.25, -0.2) is 4.79 Å². The first-order valence-electron chi connectivity index (χ1n) is 9.02. The Hall–Kier alpha value is -2.04. The molecule has 5 heteroatoms. The Morgan fingerprint density at radius 2 is 1.79 bits per heavy atom. The van der Waals surface area contributed by atoms with Gasteiger partial charge in [0.05, 0.1) is 6.04 Å². The number of anilines is 1. The Labute approximate surface area is 143 Å². The zero-order valence-corrected chi connectivity index (χ0v) is 14.1. The number of hydrogen-bond donors (Lipinski definition) is 1. The van der Waals surface area contributed by atoms with Crippen molar-refractivity contribution in [3.05, 3.63) is 30.3 Å². The predicted molar refractivity (Wildman–Crippen MR) is 92.7 cm³/mol. The van der Waals surface area contributed by atoms with Crippen molar-refractivity contribution in [3.63, 3.8) is 0 Å². The summed E-state index contributed by atoms with van der Waals surface area (Å²) in [6, 6.07) is 9.94. The summed E-state index contributed by atoms with van der Waals surface area (Å²) in [5.41, 5.74) is 0.904. The third-order valence-electron chi connectivity index (χ3n) is 5.50. The SMILES string of the molecule is CN(C(=O)N[C@H]1CC(=O)N(c2ccccc2)C1)C(C1CC1)C1CC1. The normalized spacial score (nSPS) is 23.7. The van der Waals surface area contributed by atoms with Crippen LogP contribution in [-0.4, -0.2) is 42.5 Å². The fraction of sp³-hybridized carbons (Fsp3) is 0.579. The van der Waals surface area contributed by atoms with Crippen LogP contribution in [0.15, 0.2) is 30.3 Å². The molecule has 3 amide bonds. The zero-order chi connectivity index (χ0) is 16.7. The van der Waals surface area contributed by atoms with Crippen molar-refractivity contribution >= 4 is 17.6 Å². The zero-order valence-electron chi connectivity index (χ0n) is 14.1. The van der Waals surface area contributed by atoms with Crippen LogP contribution in [0.2, 0.25) is 0 Å². The number of hydrogen-bond acceptors (Lipinski definition) is 2. The fourth-order valence-corrected chi connectivity index (χ4v) is 3.97. The maximum absolute atomic E-state index is 12.6. The third kappa shape index (κ3) is 3.12. The van der Waals surface area contributed by atoms with E-state index in [-0.39, 0.29) is 18.0 Å². The number of carbonyl (C=O) groups excluding carboxylic acids is 2. The Balaban J connectivity index is 1.37. The van der Waals surface area contributed by atoms with E-state index in [9.17, 15) is 9.59 Å². The highest BCUT2D eigenvalue weighted by molar-refractivity contribution is 5.96. The quantitative estimate of drug-likeness (QED) is 0.904. The average molecular weight is 327 g/mol. The first-order chi connectivity index (χ1) is 11.6. The molecule has 1 saturated heterocycles. The highest BCUT2D eigenvalue weighted by atomic mass is 16.2. The van der Waals surface area contributed by atoms with E-state index in [2.05, 4.69) is 5.32 Å². The molecule has 0 bridgehead atoms. The molecular weight excluding hydrogens is 302 g/mol. The molecule has 1 heterocycles. The molecule has 0 spiro atoms. The van der Waals surface area contributed by atoms with Gasteiger partial charge in [-0.1, -0.05) is 18.2 Å². The highest BCUT2D eigenvalue weighted by Crippen LogP contribution is 2.46. The number of rotatable bonds is 5. The van der Waals surface area contributed by atoms with E-state index < -0.39 is 0 Å². The lowest BCUT2D eigenvalue weighted by atomic mass is 10.1. The Morgan fingerprint density at radius 1 is 1.17 bits per heavy atom. The van der Waals surface area contributed by atoms with E-state index in [0.717, 1.165) is 5.69 Å². The van der Waals surface area contributed by atoms with Gasteiger partial charge in [-0.2, -0.15) is 0 Å². The molecule has 2 aliphatic carbocycles. The van der Waals surface area contributed by atoms with Gasteiger partial charge in [-0.05, 0) is 49.7 Å². The third-order valence-corrected chi connectivity index (χ3v) is 5.50. The Bertz CT molecular complexity index is 613. The van der Waals surface area contributed by atoms with E-state index in [4.69, 9.17) is 0 Å². The first kappa shape index (κ1) is 15.5. The standard InChI is InChI=1S/C19H25N3O2/c1-21(18(13-7-8-13)14-9-10-14)19(24)20-15-11-17(23)22(12-15)16-5-3-2-4-6-16/h2-6,13-15,18H,7-12H2,1H3,(H,20,24)/t15-/m0/s1. The number of para-hydroxylation sites is 1. The van der Waals surface area contributed by atoms with Gasteiger partial charge in [0, 0.05) is 31.7 Å². The van der Waals surface area contributed by atoms with Gasteiger partial charge in [-0.3, -0.25) is 4.79 Å². The molecule has 1 N–H and O–H groups in total. The van der Waals surface area contributed by atoms with Crippen molar-refractivity contribution in [1.29, 1.82) is 0 Å². The van der Waals surface area contributed by atoms with Crippen molar-refractivity contribution in [3.8, 4) is 0 Å². The molecule has 3 fully saturated rings. The molecule has 0 unspecified atom stereocenters. The molecule has 24 heavy (non-hydrogen) atoms. The summed E-state index contributed by atoms with van der Waals surface area (Å²) in [7, 11) is 1.92. The minimum atomic E-state index is -0.105. The molecule has 0 radical (unpaired) electrons. The number of amides is 3. The Morgan fingerprint density at radius 3 is 2.38 bits per heavy atom. The van der Waals surface area contributed by atoms with Gasteiger partial charge in [0.1, 0.15) is 0 Å². The van der Waals surface area contributed by atoms with Gasteiger partial charge in [0.15, 0.2) is 0 Å². The van der Waals surface area contributed by atoms with E-state index in [1.54, 1.807) is 4.90 Å². The van der Waals surface area contributed by atoms with Crippen LogP contribution in [0.1, 0.15) is 32.1 Å². The van der Waals surface area contributed by atoms with Crippen molar-refractivity contribution in [2.24, 2.45) is 11.8 Å². The maximum Gasteiger partial charge on any atom is 0.317 e. The molecule has 0 aromatic heterocycles. The molecule has 128 valence electrons. The summed E-state index contributed by atoms with van der Waals surface area (Å²) >= 11 is 0. The lowest BCUT2D eigenvalue weighted by molar-refractivity contribution is -0.117. The number of urea groups is 1. The minimum absolute atomic E-state index is 0.0217.